The predicted molar refractivity (Wildman–Crippen MR) is 61.9 cm³/mol. The number of rotatable bonds is 3. The number of carboxylic acids is 1. The SMILES string of the molecule is CN(C(=O)c1ccccc1O)C(C)(C)C(=O)O. The number of aliphatic carboxylic acids is 1. The number of carboxylic acid groups (broad SMARTS) is 1. The van der Waals surface area contributed by atoms with Crippen molar-refractivity contribution in [1.82, 2.24) is 4.90 Å². The van der Waals surface area contributed by atoms with Gasteiger partial charge in [0.2, 0.25) is 0 Å². The fourth-order valence-corrected chi connectivity index (χ4v) is 1.23. The number of likely N-dealkylation sites (N-methyl/N-ethyl adjacent to an activating group) is 1. The van der Waals surface area contributed by atoms with E-state index in [2.05, 4.69) is 0 Å². The molecule has 0 atom stereocenters. The van der Waals surface area contributed by atoms with Crippen LogP contribution in [-0.4, -0.2) is 39.6 Å². The largest absolute Gasteiger partial charge is 0.507 e. The van der Waals surface area contributed by atoms with Gasteiger partial charge >= 0.3 is 5.97 Å². The minimum Gasteiger partial charge on any atom is -0.507 e. The monoisotopic (exact) mass is 237 g/mol. The van der Waals surface area contributed by atoms with E-state index in [1.54, 1.807) is 12.1 Å². The van der Waals surface area contributed by atoms with Crippen LogP contribution in [-0.2, 0) is 4.79 Å². The third kappa shape index (κ3) is 2.38. The van der Waals surface area contributed by atoms with Crippen molar-refractivity contribution in [3.05, 3.63) is 29.8 Å². The summed E-state index contributed by atoms with van der Waals surface area (Å²) in [6.45, 7) is 2.85. The highest BCUT2D eigenvalue weighted by atomic mass is 16.4. The topological polar surface area (TPSA) is 77.8 Å². The van der Waals surface area contributed by atoms with Crippen LogP contribution in [0.1, 0.15) is 24.2 Å². The number of amides is 1. The molecular formula is C12H15NO4. The van der Waals surface area contributed by atoms with Gasteiger partial charge in [-0.1, -0.05) is 12.1 Å². The number of benzene rings is 1. The molecule has 0 aliphatic rings. The van der Waals surface area contributed by atoms with E-state index in [-0.39, 0.29) is 11.3 Å². The van der Waals surface area contributed by atoms with Crippen LogP contribution in [0.25, 0.3) is 0 Å². The summed E-state index contributed by atoms with van der Waals surface area (Å²) in [6.07, 6.45) is 0. The van der Waals surface area contributed by atoms with E-state index in [9.17, 15) is 14.7 Å². The third-order valence-corrected chi connectivity index (χ3v) is 2.80. The maximum atomic E-state index is 12.0. The fourth-order valence-electron chi connectivity index (χ4n) is 1.23. The first-order chi connectivity index (χ1) is 7.78. The average molecular weight is 237 g/mol. The predicted octanol–water partition coefficient (Wildman–Crippen LogP) is 1.33. The van der Waals surface area contributed by atoms with Gasteiger partial charge in [0.25, 0.3) is 5.91 Å². The van der Waals surface area contributed by atoms with Crippen LogP contribution < -0.4 is 0 Å². The number of carbonyl (C=O) groups is 2. The normalized spacial score (nSPS) is 11.0. The number of carbonyl (C=O) groups excluding carboxylic acids is 1. The standard InChI is InChI=1S/C12H15NO4/c1-12(2,11(16)17)13(3)10(15)8-6-4-5-7-9(8)14/h4-7,14H,1-3H3,(H,16,17). The molecule has 0 spiro atoms. The zero-order chi connectivity index (χ0) is 13.2. The highest BCUT2D eigenvalue weighted by molar-refractivity contribution is 5.99. The molecular weight excluding hydrogens is 222 g/mol. The number of aromatic hydroxyl groups is 1. The number of phenolic OH excluding ortho intramolecular Hbond substituents is 1. The summed E-state index contributed by atoms with van der Waals surface area (Å²) in [4.78, 5) is 24.1. The Kier molecular flexibility index (Phi) is 3.41. The van der Waals surface area contributed by atoms with E-state index in [1.165, 1.54) is 33.0 Å². The molecule has 0 aliphatic carbocycles. The van der Waals surface area contributed by atoms with Gasteiger partial charge in [0.15, 0.2) is 0 Å². The highest BCUT2D eigenvalue weighted by Crippen LogP contribution is 2.21. The summed E-state index contributed by atoms with van der Waals surface area (Å²) in [5.41, 5.74) is -1.25. The number of hydrogen-bond acceptors (Lipinski definition) is 3. The summed E-state index contributed by atoms with van der Waals surface area (Å²) in [7, 11) is 1.39. The molecule has 0 aliphatic heterocycles. The lowest BCUT2D eigenvalue weighted by molar-refractivity contribution is -0.147. The lowest BCUT2D eigenvalue weighted by Crippen LogP contribution is -2.50. The lowest BCUT2D eigenvalue weighted by Gasteiger charge is -2.31. The van der Waals surface area contributed by atoms with E-state index < -0.39 is 17.4 Å². The van der Waals surface area contributed by atoms with Crippen LogP contribution >= 0.6 is 0 Å². The molecule has 0 unspecified atom stereocenters. The van der Waals surface area contributed by atoms with Gasteiger partial charge in [-0.2, -0.15) is 0 Å². The minimum absolute atomic E-state index is 0.0873. The molecule has 0 saturated heterocycles. The second-order valence-corrected chi connectivity index (χ2v) is 4.25. The van der Waals surface area contributed by atoms with E-state index in [0.717, 1.165) is 4.90 Å². The van der Waals surface area contributed by atoms with Gasteiger partial charge in [0, 0.05) is 7.05 Å². The third-order valence-electron chi connectivity index (χ3n) is 2.80. The van der Waals surface area contributed by atoms with E-state index in [4.69, 9.17) is 5.11 Å². The van der Waals surface area contributed by atoms with Gasteiger partial charge in [0.1, 0.15) is 11.3 Å². The van der Waals surface area contributed by atoms with Gasteiger partial charge in [-0.15, -0.1) is 0 Å². The Bertz CT molecular complexity index is 454. The molecule has 0 fully saturated rings. The summed E-state index contributed by atoms with van der Waals surface area (Å²) < 4.78 is 0. The molecule has 0 saturated carbocycles. The van der Waals surface area contributed by atoms with Crippen molar-refractivity contribution in [2.45, 2.75) is 19.4 Å². The molecule has 2 N–H and O–H groups in total. The van der Waals surface area contributed by atoms with Crippen molar-refractivity contribution < 1.29 is 19.8 Å². The number of phenols is 1. The zero-order valence-corrected chi connectivity index (χ0v) is 9.97. The maximum Gasteiger partial charge on any atom is 0.329 e. The van der Waals surface area contributed by atoms with Crippen molar-refractivity contribution in [1.29, 1.82) is 0 Å². The first kappa shape index (κ1) is 13.0. The first-order valence-corrected chi connectivity index (χ1v) is 5.08. The van der Waals surface area contributed by atoms with Crippen LogP contribution in [0, 0.1) is 0 Å². The van der Waals surface area contributed by atoms with Crippen LogP contribution in [0.4, 0.5) is 0 Å². The maximum absolute atomic E-state index is 12.0. The molecule has 1 aromatic carbocycles. The Balaban J connectivity index is 3.07. The van der Waals surface area contributed by atoms with Crippen molar-refractivity contribution in [3.8, 4) is 5.75 Å². The van der Waals surface area contributed by atoms with Crippen molar-refractivity contribution in [2.24, 2.45) is 0 Å². The smallest absolute Gasteiger partial charge is 0.329 e. The Morgan fingerprint density at radius 1 is 1.24 bits per heavy atom. The Hall–Kier alpha value is -2.04. The fraction of sp³-hybridized carbons (Fsp3) is 0.333. The van der Waals surface area contributed by atoms with Gasteiger partial charge in [-0.05, 0) is 26.0 Å². The molecule has 0 bridgehead atoms. The number of hydrogen-bond donors (Lipinski definition) is 2. The number of nitrogens with zero attached hydrogens (tertiary/aromatic N) is 1. The van der Waals surface area contributed by atoms with Gasteiger partial charge in [0.05, 0.1) is 5.56 Å². The molecule has 0 aromatic heterocycles. The molecule has 1 aromatic rings. The van der Waals surface area contributed by atoms with E-state index in [1.807, 2.05) is 0 Å². The van der Waals surface area contributed by atoms with Crippen molar-refractivity contribution in [2.75, 3.05) is 7.05 Å². The van der Waals surface area contributed by atoms with Crippen LogP contribution in [0.2, 0.25) is 0 Å². The second-order valence-electron chi connectivity index (χ2n) is 4.25. The second kappa shape index (κ2) is 4.45. The highest BCUT2D eigenvalue weighted by Gasteiger charge is 2.36. The Labute approximate surface area is 99.3 Å². The van der Waals surface area contributed by atoms with Gasteiger partial charge in [-0.25, -0.2) is 4.79 Å². The van der Waals surface area contributed by atoms with Crippen LogP contribution in [0.15, 0.2) is 24.3 Å². The molecule has 1 rings (SSSR count). The lowest BCUT2D eigenvalue weighted by atomic mass is 10.0. The van der Waals surface area contributed by atoms with Crippen molar-refractivity contribution in [3.63, 3.8) is 0 Å². The molecule has 92 valence electrons. The molecule has 1 amide bonds. The van der Waals surface area contributed by atoms with E-state index in [0.29, 0.717) is 0 Å². The van der Waals surface area contributed by atoms with Gasteiger partial charge in [-0.3, -0.25) is 4.79 Å². The summed E-state index contributed by atoms with van der Waals surface area (Å²) in [6, 6.07) is 6.03. The molecule has 0 heterocycles. The van der Waals surface area contributed by atoms with Crippen LogP contribution in [0.3, 0.4) is 0 Å². The molecule has 17 heavy (non-hydrogen) atoms. The quantitative estimate of drug-likeness (QED) is 0.831. The van der Waals surface area contributed by atoms with Crippen LogP contribution in [0.5, 0.6) is 5.75 Å². The average Bonchev–Trinajstić information content (AvgIpc) is 2.27. The van der Waals surface area contributed by atoms with E-state index >= 15 is 0 Å². The molecule has 0 radical (unpaired) electrons. The summed E-state index contributed by atoms with van der Waals surface area (Å²) in [5, 5.41) is 18.6. The first-order valence-electron chi connectivity index (χ1n) is 5.08. The minimum atomic E-state index is -1.33. The molecule has 5 nitrogen and oxygen atoms in total. The molecule has 5 heteroatoms. The Morgan fingerprint density at radius 3 is 2.24 bits per heavy atom. The number of para-hydroxylation sites is 1. The van der Waals surface area contributed by atoms with Crippen molar-refractivity contribution >= 4 is 11.9 Å². The summed E-state index contributed by atoms with van der Waals surface area (Å²) in [5.74, 6) is -1.80. The Morgan fingerprint density at radius 2 is 1.76 bits per heavy atom. The summed E-state index contributed by atoms with van der Waals surface area (Å²) >= 11 is 0. The zero-order valence-electron chi connectivity index (χ0n) is 9.97. The van der Waals surface area contributed by atoms with Gasteiger partial charge < -0.3 is 15.1 Å².